The molecule has 0 unspecified atom stereocenters. The van der Waals surface area contributed by atoms with Crippen LogP contribution in [0.3, 0.4) is 0 Å². The van der Waals surface area contributed by atoms with Crippen molar-refractivity contribution in [1.82, 2.24) is 24.8 Å². The molecule has 32 heavy (non-hydrogen) atoms. The molecule has 4 heterocycles. The normalized spacial score (nSPS) is 19.7. The van der Waals surface area contributed by atoms with Gasteiger partial charge in [-0.05, 0) is 37.8 Å². The van der Waals surface area contributed by atoms with Crippen molar-refractivity contribution in [2.45, 2.75) is 37.5 Å². The lowest BCUT2D eigenvalue weighted by Gasteiger charge is -2.33. The van der Waals surface area contributed by atoms with E-state index in [0.29, 0.717) is 37.6 Å². The van der Waals surface area contributed by atoms with Crippen LogP contribution in [-0.2, 0) is 9.53 Å². The minimum absolute atomic E-state index is 0.0123. The molecule has 9 heteroatoms. The third-order valence-corrected chi connectivity index (χ3v) is 6.32. The largest absolute Gasteiger partial charge is 0.375 e. The summed E-state index contributed by atoms with van der Waals surface area (Å²) in [4.78, 5) is 52.7. The number of carbonyl (C=O) groups is 2. The number of carbonyl (C=O) groups excluding carboxylic acids is 2. The zero-order valence-corrected chi connectivity index (χ0v) is 18.3. The summed E-state index contributed by atoms with van der Waals surface area (Å²) in [5, 5.41) is 0. The number of pyridine rings is 1. The number of likely N-dealkylation sites (tertiary alicyclic amines) is 2. The molecule has 2 aliphatic rings. The van der Waals surface area contributed by atoms with Crippen molar-refractivity contribution >= 4 is 11.8 Å². The molecule has 2 aromatic rings. The summed E-state index contributed by atoms with van der Waals surface area (Å²) >= 11 is 0. The van der Waals surface area contributed by atoms with Crippen molar-refractivity contribution < 1.29 is 14.3 Å². The molecule has 0 aromatic carbocycles. The number of piperidine rings is 2. The molecular weight excluding hydrogens is 410 g/mol. The minimum Gasteiger partial charge on any atom is -0.375 e. The van der Waals surface area contributed by atoms with Gasteiger partial charge in [0, 0.05) is 63.6 Å². The number of hydrogen-bond donors (Lipinski definition) is 1. The van der Waals surface area contributed by atoms with Crippen LogP contribution in [0.25, 0.3) is 0 Å². The van der Waals surface area contributed by atoms with Crippen molar-refractivity contribution in [3.63, 3.8) is 0 Å². The number of methoxy groups -OCH3 is 1. The Hall–Kier alpha value is -3.07. The fourth-order valence-corrected chi connectivity index (χ4v) is 4.59. The Morgan fingerprint density at radius 2 is 1.97 bits per heavy atom. The number of aromatic nitrogens is 3. The zero-order valence-electron chi connectivity index (χ0n) is 18.3. The molecule has 0 spiro atoms. The SMILES string of the molecule is COCC(=O)N1CCC(c2nc([C@@H]3CCCN(C(=O)c4cccnc4)C3)cc(=O)[nH]2)CC1. The van der Waals surface area contributed by atoms with E-state index in [1.165, 1.54) is 7.11 Å². The number of hydrogen-bond acceptors (Lipinski definition) is 6. The van der Waals surface area contributed by atoms with Crippen LogP contribution in [0.15, 0.2) is 35.4 Å². The molecule has 2 aliphatic heterocycles. The summed E-state index contributed by atoms with van der Waals surface area (Å²) in [5.74, 6) is 0.754. The number of ether oxygens (including phenoxy) is 1. The van der Waals surface area contributed by atoms with Gasteiger partial charge in [0.05, 0.1) is 11.3 Å². The maximum atomic E-state index is 12.8. The summed E-state index contributed by atoms with van der Waals surface area (Å²) < 4.78 is 4.94. The third-order valence-electron chi connectivity index (χ3n) is 6.32. The zero-order chi connectivity index (χ0) is 22.5. The van der Waals surface area contributed by atoms with Crippen LogP contribution in [0.5, 0.6) is 0 Å². The molecule has 0 bridgehead atoms. The van der Waals surface area contributed by atoms with Crippen LogP contribution in [0.1, 0.15) is 59.4 Å². The average molecular weight is 440 g/mol. The molecule has 2 fully saturated rings. The smallest absolute Gasteiger partial charge is 0.255 e. The fraction of sp³-hybridized carbons (Fsp3) is 0.522. The van der Waals surface area contributed by atoms with E-state index in [4.69, 9.17) is 9.72 Å². The molecule has 1 N–H and O–H groups in total. The van der Waals surface area contributed by atoms with Crippen LogP contribution in [-0.4, -0.2) is 76.5 Å². The summed E-state index contributed by atoms with van der Waals surface area (Å²) in [6.07, 6.45) is 6.47. The molecule has 9 nitrogen and oxygen atoms in total. The summed E-state index contributed by atoms with van der Waals surface area (Å²) in [6, 6.07) is 5.09. The van der Waals surface area contributed by atoms with Crippen LogP contribution in [0.4, 0.5) is 0 Å². The number of nitrogens with one attached hydrogen (secondary N) is 1. The van der Waals surface area contributed by atoms with Gasteiger partial charge in [-0.15, -0.1) is 0 Å². The lowest BCUT2D eigenvalue weighted by molar-refractivity contribution is -0.136. The van der Waals surface area contributed by atoms with Crippen molar-refractivity contribution in [1.29, 1.82) is 0 Å². The van der Waals surface area contributed by atoms with Crippen LogP contribution < -0.4 is 5.56 Å². The number of amides is 2. The highest BCUT2D eigenvalue weighted by Crippen LogP contribution is 2.29. The highest BCUT2D eigenvalue weighted by molar-refractivity contribution is 5.94. The average Bonchev–Trinajstić information content (AvgIpc) is 2.84. The van der Waals surface area contributed by atoms with Crippen LogP contribution >= 0.6 is 0 Å². The Kier molecular flexibility index (Phi) is 6.94. The van der Waals surface area contributed by atoms with Crippen molar-refractivity contribution in [3.8, 4) is 0 Å². The predicted octanol–water partition coefficient (Wildman–Crippen LogP) is 1.54. The summed E-state index contributed by atoms with van der Waals surface area (Å²) in [6.45, 7) is 2.56. The van der Waals surface area contributed by atoms with E-state index in [1.54, 1.807) is 35.5 Å². The first-order valence-corrected chi connectivity index (χ1v) is 11.1. The number of rotatable bonds is 5. The Morgan fingerprint density at radius 1 is 1.16 bits per heavy atom. The van der Waals surface area contributed by atoms with Gasteiger partial charge in [-0.25, -0.2) is 4.98 Å². The quantitative estimate of drug-likeness (QED) is 0.757. The van der Waals surface area contributed by atoms with E-state index >= 15 is 0 Å². The first-order valence-electron chi connectivity index (χ1n) is 11.1. The Labute approximate surface area is 186 Å². The van der Waals surface area contributed by atoms with Crippen molar-refractivity contribution in [2.75, 3.05) is 39.9 Å². The second-order valence-electron chi connectivity index (χ2n) is 8.48. The fourth-order valence-electron chi connectivity index (χ4n) is 4.59. The van der Waals surface area contributed by atoms with Gasteiger partial charge in [-0.1, -0.05) is 0 Å². The predicted molar refractivity (Wildman–Crippen MR) is 117 cm³/mol. The van der Waals surface area contributed by atoms with Crippen LogP contribution in [0.2, 0.25) is 0 Å². The van der Waals surface area contributed by atoms with Crippen molar-refractivity contribution in [3.05, 3.63) is 58.0 Å². The highest BCUT2D eigenvalue weighted by Gasteiger charge is 2.29. The van der Waals surface area contributed by atoms with E-state index in [1.807, 2.05) is 4.90 Å². The van der Waals surface area contributed by atoms with E-state index in [9.17, 15) is 14.4 Å². The molecular formula is C23H29N5O4. The second-order valence-corrected chi connectivity index (χ2v) is 8.48. The van der Waals surface area contributed by atoms with Gasteiger partial charge in [0.2, 0.25) is 5.91 Å². The summed E-state index contributed by atoms with van der Waals surface area (Å²) in [7, 11) is 1.52. The Bertz CT molecular complexity index is 1000. The first-order chi connectivity index (χ1) is 15.5. The maximum absolute atomic E-state index is 12.8. The molecule has 2 aromatic heterocycles. The second kappa shape index (κ2) is 10.0. The first kappa shape index (κ1) is 22.1. The molecule has 4 rings (SSSR count). The Morgan fingerprint density at radius 3 is 2.69 bits per heavy atom. The molecule has 2 amide bonds. The highest BCUT2D eigenvalue weighted by atomic mass is 16.5. The van der Waals surface area contributed by atoms with E-state index in [2.05, 4.69) is 9.97 Å². The third kappa shape index (κ3) is 5.04. The molecule has 170 valence electrons. The van der Waals surface area contributed by atoms with Gasteiger partial charge in [-0.2, -0.15) is 0 Å². The summed E-state index contributed by atoms with van der Waals surface area (Å²) in [5.41, 5.74) is 1.14. The molecule has 0 radical (unpaired) electrons. The van der Waals surface area contributed by atoms with E-state index < -0.39 is 0 Å². The standard InChI is InChI=1S/C23H29N5O4/c1-32-15-21(30)27-10-6-16(7-11-27)22-25-19(12-20(29)26-22)18-5-3-9-28(14-18)23(31)17-4-2-8-24-13-17/h2,4,8,12-13,16,18H,3,5-7,9-11,14-15H2,1H3,(H,25,26,29)/t18-/m1/s1. The van der Waals surface area contributed by atoms with Gasteiger partial charge in [0.15, 0.2) is 0 Å². The lowest BCUT2D eigenvalue weighted by Crippen LogP contribution is -2.41. The van der Waals surface area contributed by atoms with Crippen molar-refractivity contribution in [2.24, 2.45) is 0 Å². The molecule has 2 saturated heterocycles. The van der Waals surface area contributed by atoms with Crippen LogP contribution in [0, 0.1) is 0 Å². The van der Waals surface area contributed by atoms with Gasteiger partial charge in [0.1, 0.15) is 12.4 Å². The molecule has 0 saturated carbocycles. The molecule has 1 atom stereocenters. The van der Waals surface area contributed by atoms with Gasteiger partial charge in [0.25, 0.3) is 11.5 Å². The molecule has 0 aliphatic carbocycles. The van der Waals surface area contributed by atoms with E-state index in [0.717, 1.165) is 31.4 Å². The number of aromatic amines is 1. The van der Waals surface area contributed by atoms with Gasteiger partial charge in [-0.3, -0.25) is 19.4 Å². The Balaban J connectivity index is 1.45. The minimum atomic E-state index is -0.168. The van der Waals surface area contributed by atoms with Gasteiger partial charge >= 0.3 is 0 Å². The topological polar surface area (TPSA) is 108 Å². The monoisotopic (exact) mass is 439 g/mol. The maximum Gasteiger partial charge on any atom is 0.255 e. The number of nitrogens with zero attached hydrogens (tertiary/aromatic N) is 4. The van der Waals surface area contributed by atoms with Gasteiger partial charge < -0.3 is 19.5 Å². The number of H-pyrrole nitrogens is 1. The van der Waals surface area contributed by atoms with E-state index in [-0.39, 0.29) is 35.8 Å². The lowest BCUT2D eigenvalue weighted by atomic mass is 9.92.